The van der Waals surface area contributed by atoms with Crippen LogP contribution in [0.2, 0.25) is 0 Å². The summed E-state index contributed by atoms with van der Waals surface area (Å²) in [7, 11) is -0.581. The number of carbonyl (C=O) groups is 2. The van der Waals surface area contributed by atoms with E-state index in [0.29, 0.717) is 23.7 Å². The van der Waals surface area contributed by atoms with Crippen LogP contribution in [0.15, 0.2) is 52.4 Å². The lowest BCUT2D eigenvalue weighted by Gasteiger charge is -2.33. The van der Waals surface area contributed by atoms with Crippen molar-refractivity contribution in [2.45, 2.75) is 18.4 Å². The zero-order valence-electron chi connectivity index (χ0n) is 21.5. The molecule has 204 valence electrons. The molecule has 0 N–H and O–H groups in total. The van der Waals surface area contributed by atoms with Gasteiger partial charge in [0.05, 0.1) is 35.4 Å². The topological polar surface area (TPSA) is 120 Å². The molecular formula is C25H30N4O7S2. The Morgan fingerprint density at radius 2 is 1.74 bits per heavy atom. The first-order chi connectivity index (χ1) is 18.3. The zero-order valence-corrected chi connectivity index (χ0v) is 23.1. The Morgan fingerprint density at radius 3 is 2.37 bits per heavy atom. The minimum absolute atomic E-state index is 0.0720. The van der Waals surface area contributed by atoms with E-state index in [0.717, 1.165) is 10.2 Å². The van der Waals surface area contributed by atoms with Gasteiger partial charge in [0, 0.05) is 45.4 Å². The highest BCUT2D eigenvalue weighted by Gasteiger charge is 2.30. The van der Waals surface area contributed by atoms with E-state index in [1.165, 1.54) is 44.8 Å². The molecule has 4 rings (SSSR count). The first-order valence-corrected chi connectivity index (χ1v) is 14.3. The SMILES string of the molecule is CCOC(=O)N1CCN(S(=O)(=O)c2ccc(C(=O)N=c3sc4cc(OC)ccc4n3CCOC)cc2)CC1. The number of aromatic nitrogens is 1. The summed E-state index contributed by atoms with van der Waals surface area (Å²) in [6.07, 6.45) is -0.447. The molecule has 38 heavy (non-hydrogen) atoms. The van der Waals surface area contributed by atoms with E-state index >= 15 is 0 Å². The highest BCUT2D eigenvalue weighted by atomic mass is 32.2. The maximum atomic E-state index is 13.1. The standard InChI is InChI=1S/C25H30N4O7S2/c1-4-36-25(31)27-11-13-28(14-12-27)38(32,33)20-8-5-18(6-9-20)23(30)26-24-29(15-16-34-2)21-10-7-19(35-3)17-22(21)37-24/h5-10,17H,4,11-16H2,1-3H3. The molecule has 0 aliphatic carbocycles. The summed E-state index contributed by atoms with van der Waals surface area (Å²) < 4.78 is 45.9. The van der Waals surface area contributed by atoms with Crippen LogP contribution >= 0.6 is 11.3 Å². The van der Waals surface area contributed by atoms with Gasteiger partial charge in [-0.2, -0.15) is 9.30 Å². The predicted molar refractivity (Wildman–Crippen MR) is 142 cm³/mol. The third kappa shape index (κ3) is 5.90. The summed E-state index contributed by atoms with van der Waals surface area (Å²) >= 11 is 1.36. The second-order valence-electron chi connectivity index (χ2n) is 8.39. The molecule has 13 heteroatoms. The number of rotatable bonds is 8. The summed E-state index contributed by atoms with van der Waals surface area (Å²) in [5, 5.41) is 0. The number of carbonyl (C=O) groups excluding carboxylic acids is 2. The van der Waals surface area contributed by atoms with Crippen LogP contribution in [0.1, 0.15) is 17.3 Å². The number of methoxy groups -OCH3 is 2. The van der Waals surface area contributed by atoms with Gasteiger partial charge < -0.3 is 23.7 Å². The summed E-state index contributed by atoms with van der Waals surface area (Å²) in [4.78, 5) is 31.3. The average molecular weight is 563 g/mol. The van der Waals surface area contributed by atoms with Gasteiger partial charge in [-0.25, -0.2) is 13.2 Å². The third-order valence-corrected chi connectivity index (χ3v) is 9.06. The number of fused-ring (bicyclic) bond motifs is 1. The van der Waals surface area contributed by atoms with Crippen molar-refractivity contribution in [3.05, 3.63) is 52.8 Å². The first kappa shape index (κ1) is 27.8. The number of amides is 2. The van der Waals surface area contributed by atoms with E-state index in [-0.39, 0.29) is 43.2 Å². The molecule has 0 radical (unpaired) electrons. The van der Waals surface area contributed by atoms with E-state index in [2.05, 4.69) is 4.99 Å². The van der Waals surface area contributed by atoms with E-state index in [1.807, 2.05) is 22.8 Å². The first-order valence-electron chi connectivity index (χ1n) is 12.1. The van der Waals surface area contributed by atoms with Crippen molar-refractivity contribution in [3.63, 3.8) is 0 Å². The van der Waals surface area contributed by atoms with Crippen LogP contribution < -0.4 is 9.54 Å². The molecule has 1 fully saturated rings. The van der Waals surface area contributed by atoms with Crippen molar-refractivity contribution in [2.24, 2.45) is 4.99 Å². The number of benzene rings is 2. The van der Waals surface area contributed by atoms with Crippen LogP contribution in [0, 0.1) is 0 Å². The lowest BCUT2D eigenvalue weighted by atomic mass is 10.2. The lowest BCUT2D eigenvalue weighted by molar-refractivity contribution is 0.0933. The molecule has 1 aliphatic rings. The molecule has 2 aromatic carbocycles. The number of ether oxygens (including phenoxy) is 3. The highest BCUT2D eigenvalue weighted by molar-refractivity contribution is 7.89. The smallest absolute Gasteiger partial charge is 0.409 e. The summed E-state index contributed by atoms with van der Waals surface area (Å²) in [5.41, 5.74) is 1.17. The fourth-order valence-corrected chi connectivity index (χ4v) is 6.57. The Morgan fingerprint density at radius 1 is 1.03 bits per heavy atom. The monoisotopic (exact) mass is 562 g/mol. The van der Waals surface area contributed by atoms with Gasteiger partial charge in [-0.05, 0) is 49.4 Å². The Hall–Kier alpha value is -3.26. The molecule has 0 saturated carbocycles. The minimum atomic E-state index is -3.78. The molecule has 11 nitrogen and oxygen atoms in total. The third-order valence-electron chi connectivity index (χ3n) is 6.11. The molecule has 3 aromatic rings. The maximum absolute atomic E-state index is 13.1. The number of hydrogen-bond donors (Lipinski definition) is 0. The largest absolute Gasteiger partial charge is 0.497 e. The Bertz CT molecular complexity index is 1470. The molecule has 1 saturated heterocycles. The number of piperazine rings is 1. The summed E-state index contributed by atoms with van der Waals surface area (Å²) in [6, 6.07) is 11.4. The van der Waals surface area contributed by atoms with Gasteiger partial charge in [-0.15, -0.1) is 0 Å². The van der Waals surface area contributed by atoms with Crippen LogP contribution in [0.3, 0.4) is 0 Å². The molecule has 0 bridgehead atoms. The Labute approximate surface area is 224 Å². The maximum Gasteiger partial charge on any atom is 0.409 e. The van der Waals surface area contributed by atoms with Crippen molar-refractivity contribution >= 4 is 43.6 Å². The predicted octanol–water partition coefficient (Wildman–Crippen LogP) is 2.56. The zero-order chi connectivity index (χ0) is 27.3. The summed E-state index contributed by atoms with van der Waals surface area (Å²) in [5.74, 6) is 0.219. The molecular weight excluding hydrogens is 532 g/mol. The van der Waals surface area contributed by atoms with Crippen LogP contribution in [-0.4, -0.2) is 87.8 Å². The van der Waals surface area contributed by atoms with E-state index in [4.69, 9.17) is 14.2 Å². The Kier molecular flexibility index (Phi) is 8.82. The van der Waals surface area contributed by atoms with Gasteiger partial charge in [0.15, 0.2) is 4.80 Å². The highest BCUT2D eigenvalue weighted by Crippen LogP contribution is 2.24. The van der Waals surface area contributed by atoms with E-state index in [9.17, 15) is 18.0 Å². The minimum Gasteiger partial charge on any atom is -0.497 e. The molecule has 1 aromatic heterocycles. The molecule has 1 aliphatic heterocycles. The average Bonchev–Trinajstić information content (AvgIpc) is 3.27. The van der Waals surface area contributed by atoms with Gasteiger partial charge in [-0.3, -0.25) is 4.79 Å². The fourth-order valence-electron chi connectivity index (χ4n) is 4.06. The molecule has 0 atom stereocenters. The van der Waals surface area contributed by atoms with Crippen molar-refractivity contribution < 1.29 is 32.2 Å². The lowest BCUT2D eigenvalue weighted by Crippen LogP contribution is -2.50. The fraction of sp³-hybridized carbons (Fsp3) is 0.400. The van der Waals surface area contributed by atoms with Crippen molar-refractivity contribution in [2.75, 3.05) is 53.6 Å². The van der Waals surface area contributed by atoms with E-state index in [1.54, 1.807) is 21.1 Å². The van der Waals surface area contributed by atoms with Gasteiger partial charge in [0.1, 0.15) is 5.75 Å². The second-order valence-corrected chi connectivity index (χ2v) is 11.3. The van der Waals surface area contributed by atoms with Gasteiger partial charge in [0.25, 0.3) is 5.91 Å². The number of thiazole rings is 1. The van der Waals surface area contributed by atoms with E-state index < -0.39 is 22.0 Å². The normalized spacial score (nSPS) is 15.1. The number of sulfonamides is 1. The van der Waals surface area contributed by atoms with Crippen molar-refractivity contribution in [3.8, 4) is 5.75 Å². The van der Waals surface area contributed by atoms with Gasteiger partial charge in [0.2, 0.25) is 10.0 Å². The molecule has 0 unspecified atom stereocenters. The van der Waals surface area contributed by atoms with Gasteiger partial charge >= 0.3 is 6.09 Å². The van der Waals surface area contributed by atoms with Crippen LogP contribution in [0.5, 0.6) is 5.75 Å². The summed E-state index contributed by atoms with van der Waals surface area (Å²) in [6.45, 7) is 3.76. The Balaban J connectivity index is 1.54. The quantitative estimate of drug-likeness (QED) is 0.414. The van der Waals surface area contributed by atoms with Crippen molar-refractivity contribution in [1.29, 1.82) is 0 Å². The number of hydrogen-bond acceptors (Lipinski definition) is 8. The molecule has 2 amide bonds. The molecule has 2 heterocycles. The number of nitrogens with zero attached hydrogens (tertiary/aromatic N) is 4. The molecule has 0 spiro atoms. The van der Waals surface area contributed by atoms with Crippen LogP contribution in [0.25, 0.3) is 10.2 Å². The van der Waals surface area contributed by atoms with Gasteiger partial charge in [-0.1, -0.05) is 11.3 Å². The van der Waals surface area contributed by atoms with Crippen LogP contribution in [-0.2, 0) is 26.0 Å². The van der Waals surface area contributed by atoms with Crippen molar-refractivity contribution in [1.82, 2.24) is 13.8 Å². The second kappa shape index (κ2) is 12.1. The van der Waals surface area contributed by atoms with Crippen LogP contribution in [0.4, 0.5) is 4.79 Å².